The molecule has 0 amide bonds. The van der Waals surface area contributed by atoms with Crippen molar-refractivity contribution in [1.82, 2.24) is 5.32 Å². The van der Waals surface area contributed by atoms with Crippen molar-refractivity contribution in [1.29, 1.82) is 0 Å². The summed E-state index contributed by atoms with van der Waals surface area (Å²) in [7, 11) is 0. The van der Waals surface area contributed by atoms with Crippen LogP contribution in [-0.2, 0) is 9.53 Å². The van der Waals surface area contributed by atoms with Crippen molar-refractivity contribution < 1.29 is 18.7 Å². The molecule has 1 heterocycles. The van der Waals surface area contributed by atoms with E-state index in [0.717, 1.165) is 25.4 Å². The minimum absolute atomic E-state index is 0.221. The molecular weight excluding hydrogens is 285 g/mol. The first-order valence-corrected chi connectivity index (χ1v) is 7.61. The number of halogens is 1. The van der Waals surface area contributed by atoms with Crippen LogP contribution in [0, 0.1) is 11.7 Å². The second-order valence-corrected chi connectivity index (χ2v) is 6.30. The van der Waals surface area contributed by atoms with Gasteiger partial charge in [-0.15, -0.1) is 0 Å². The first-order chi connectivity index (χ1) is 10.4. The molecule has 1 aromatic carbocycles. The SMILES string of the molecule is CC(C)(C)OC=O.Fc1ccc(OCC2CCCNC2)cc1. The highest BCUT2D eigenvalue weighted by atomic mass is 19.1. The van der Waals surface area contributed by atoms with Crippen molar-refractivity contribution in [2.75, 3.05) is 19.7 Å². The summed E-state index contributed by atoms with van der Waals surface area (Å²) in [4.78, 5) is 9.60. The van der Waals surface area contributed by atoms with Gasteiger partial charge in [-0.2, -0.15) is 0 Å². The van der Waals surface area contributed by atoms with Crippen molar-refractivity contribution in [3.8, 4) is 5.75 Å². The van der Waals surface area contributed by atoms with E-state index < -0.39 is 0 Å². The highest BCUT2D eigenvalue weighted by Gasteiger charge is 2.13. The van der Waals surface area contributed by atoms with Gasteiger partial charge in [0.05, 0.1) is 6.61 Å². The van der Waals surface area contributed by atoms with Gasteiger partial charge in [0.1, 0.15) is 17.2 Å². The van der Waals surface area contributed by atoms with Crippen LogP contribution in [0.1, 0.15) is 33.6 Å². The molecule has 1 unspecified atom stereocenters. The molecule has 1 aliphatic rings. The first-order valence-electron chi connectivity index (χ1n) is 7.61. The van der Waals surface area contributed by atoms with E-state index in [1.54, 1.807) is 12.1 Å². The van der Waals surface area contributed by atoms with Crippen LogP contribution in [0.3, 0.4) is 0 Å². The van der Waals surface area contributed by atoms with Crippen molar-refractivity contribution >= 4 is 6.47 Å². The molecule has 5 heteroatoms. The lowest BCUT2D eigenvalue weighted by Crippen LogP contribution is -2.33. The van der Waals surface area contributed by atoms with Gasteiger partial charge in [-0.1, -0.05) is 0 Å². The Hall–Kier alpha value is -1.62. The van der Waals surface area contributed by atoms with E-state index in [9.17, 15) is 9.18 Å². The molecular formula is C17H26FNO3. The minimum atomic E-state index is -0.318. The maximum Gasteiger partial charge on any atom is 0.293 e. The Labute approximate surface area is 132 Å². The monoisotopic (exact) mass is 311 g/mol. The normalized spacial score (nSPS) is 17.9. The van der Waals surface area contributed by atoms with Crippen LogP contribution in [0.5, 0.6) is 5.75 Å². The molecule has 0 saturated carbocycles. The van der Waals surface area contributed by atoms with Gasteiger partial charge < -0.3 is 14.8 Å². The molecule has 0 radical (unpaired) electrons. The molecule has 1 N–H and O–H groups in total. The fraction of sp³-hybridized carbons (Fsp3) is 0.588. The number of benzene rings is 1. The molecule has 1 fully saturated rings. The zero-order chi connectivity index (χ0) is 16.4. The lowest BCUT2D eigenvalue weighted by Gasteiger charge is -2.22. The number of piperidine rings is 1. The molecule has 22 heavy (non-hydrogen) atoms. The number of hydrogen-bond donors (Lipinski definition) is 1. The average Bonchev–Trinajstić information content (AvgIpc) is 2.47. The van der Waals surface area contributed by atoms with E-state index in [1.165, 1.54) is 25.0 Å². The maximum absolute atomic E-state index is 12.6. The minimum Gasteiger partial charge on any atom is -0.493 e. The zero-order valence-corrected chi connectivity index (χ0v) is 13.6. The lowest BCUT2D eigenvalue weighted by atomic mass is 10.0. The summed E-state index contributed by atoms with van der Waals surface area (Å²) in [6.07, 6.45) is 2.44. The predicted octanol–water partition coefficient (Wildman–Crippen LogP) is 3.16. The average molecular weight is 311 g/mol. The van der Waals surface area contributed by atoms with Crippen molar-refractivity contribution in [2.45, 2.75) is 39.2 Å². The third-order valence-electron chi connectivity index (χ3n) is 3.10. The number of carbonyl (C=O) groups is 1. The van der Waals surface area contributed by atoms with Gasteiger partial charge >= 0.3 is 0 Å². The fourth-order valence-electron chi connectivity index (χ4n) is 1.96. The fourth-order valence-corrected chi connectivity index (χ4v) is 1.96. The Morgan fingerprint density at radius 1 is 1.32 bits per heavy atom. The molecule has 1 aliphatic heterocycles. The smallest absolute Gasteiger partial charge is 0.293 e. The lowest BCUT2D eigenvalue weighted by molar-refractivity contribution is -0.138. The van der Waals surface area contributed by atoms with Crippen LogP contribution >= 0.6 is 0 Å². The quantitative estimate of drug-likeness (QED) is 0.868. The van der Waals surface area contributed by atoms with Crippen molar-refractivity contribution in [2.24, 2.45) is 5.92 Å². The Balaban J connectivity index is 0.000000295. The Kier molecular flexibility index (Phi) is 7.88. The molecule has 1 saturated heterocycles. The molecule has 1 atom stereocenters. The Morgan fingerprint density at radius 3 is 2.45 bits per heavy atom. The van der Waals surface area contributed by atoms with Crippen molar-refractivity contribution in [3.63, 3.8) is 0 Å². The predicted molar refractivity (Wildman–Crippen MR) is 84.4 cm³/mol. The third kappa shape index (κ3) is 8.62. The largest absolute Gasteiger partial charge is 0.493 e. The van der Waals surface area contributed by atoms with Gasteiger partial charge in [-0.05, 0) is 64.4 Å². The zero-order valence-electron chi connectivity index (χ0n) is 13.6. The standard InChI is InChI=1S/C12H16FNO.C5H10O2/c13-11-3-5-12(6-4-11)15-9-10-2-1-7-14-8-10;1-5(2,3)7-4-6/h3-6,10,14H,1-2,7-9H2;4H,1-3H3. The Morgan fingerprint density at radius 2 is 2.00 bits per heavy atom. The number of hydrogen-bond acceptors (Lipinski definition) is 4. The van der Waals surface area contributed by atoms with E-state index in [2.05, 4.69) is 10.1 Å². The van der Waals surface area contributed by atoms with Gasteiger partial charge in [0, 0.05) is 12.5 Å². The summed E-state index contributed by atoms with van der Waals surface area (Å²) in [5.74, 6) is 1.12. The van der Waals surface area contributed by atoms with E-state index in [4.69, 9.17) is 4.74 Å². The van der Waals surface area contributed by atoms with E-state index in [-0.39, 0.29) is 11.4 Å². The summed E-state index contributed by atoms with van der Waals surface area (Å²) < 4.78 is 22.8. The summed E-state index contributed by atoms with van der Waals surface area (Å²) in [5, 5.41) is 3.34. The maximum atomic E-state index is 12.6. The van der Waals surface area contributed by atoms with Gasteiger partial charge in [-0.25, -0.2) is 4.39 Å². The van der Waals surface area contributed by atoms with Gasteiger partial charge in [0.2, 0.25) is 0 Å². The van der Waals surface area contributed by atoms with Crippen LogP contribution in [0.25, 0.3) is 0 Å². The molecule has 2 rings (SSSR count). The summed E-state index contributed by atoms with van der Waals surface area (Å²) in [6.45, 7) is 8.79. The second-order valence-electron chi connectivity index (χ2n) is 6.30. The van der Waals surface area contributed by atoms with Gasteiger partial charge in [0.25, 0.3) is 6.47 Å². The van der Waals surface area contributed by atoms with Crippen LogP contribution < -0.4 is 10.1 Å². The molecule has 0 bridgehead atoms. The van der Waals surface area contributed by atoms with Gasteiger partial charge in [0.15, 0.2) is 0 Å². The van der Waals surface area contributed by atoms with Gasteiger partial charge in [-0.3, -0.25) is 4.79 Å². The van der Waals surface area contributed by atoms with E-state index >= 15 is 0 Å². The number of ether oxygens (including phenoxy) is 2. The van der Waals surface area contributed by atoms with E-state index in [1.807, 2.05) is 20.8 Å². The molecule has 4 nitrogen and oxygen atoms in total. The number of rotatable bonds is 4. The Bertz CT molecular complexity index is 423. The first kappa shape index (κ1) is 18.4. The third-order valence-corrected chi connectivity index (χ3v) is 3.10. The van der Waals surface area contributed by atoms with Crippen LogP contribution in [-0.4, -0.2) is 31.8 Å². The second kappa shape index (κ2) is 9.41. The van der Waals surface area contributed by atoms with Crippen LogP contribution in [0.15, 0.2) is 24.3 Å². The molecule has 0 spiro atoms. The highest BCUT2D eigenvalue weighted by molar-refractivity contribution is 5.37. The van der Waals surface area contributed by atoms with E-state index in [0.29, 0.717) is 12.4 Å². The summed E-state index contributed by atoms with van der Waals surface area (Å²) in [6, 6.07) is 6.19. The number of nitrogens with one attached hydrogen (secondary N) is 1. The number of carbonyl (C=O) groups excluding carboxylic acids is 1. The van der Waals surface area contributed by atoms with Crippen molar-refractivity contribution in [3.05, 3.63) is 30.1 Å². The van der Waals surface area contributed by atoms with Crippen LogP contribution in [0.4, 0.5) is 4.39 Å². The highest BCUT2D eigenvalue weighted by Crippen LogP contribution is 2.15. The molecule has 124 valence electrons. The molecule has 0 aromatic heterocycles. The summed E-state index contributed by atoms with van der Waals surface area (Å²) in [5.41, 5.74) is -0.318. The molecule has 0 aliphatic carbocycles. The summed E-state index contributed by atoms with van der Waals surface area (Å²) >= 11 is 0. The topological polar surface area (TPSA) is 47.6 Å². The molecule has 1 aromatic rings. The van der Waals surface area contributed by atoms with Crippen LogP contribution in [0.2, 0.25) is 0 Å².